The first-order chi connectivity index (χ1) is 13.5. The molecule has 0 radical (unpaired) electrons. The van der Waals surface area contributed by atoms with Gasteiger partial charge in [0.2, 0.25) is 0 Å². The predicted octanol–water partition coefficient (Wildman–Crippen LogP) is 4.18. The summed E-state index contributed by atoms with van der Waals surface area (Å²) in [5.41, 5.74) is 1.03. The molecule has 0 saturated carbocycles. The molecule has 0 aliphatic carbocycles. The Labute approximate surface area is 178 Å². The number of rotatable bonds is 5. The van der Waals surface area contributed by atoms with E-state index in [0.717, 1.165) is 55.8 Å². The van der Waals surface area contributed by atoms with Crippen LogP contribution in [0.25, 0.3) is 0 Å². The molecule has 1 N–H and O–H groups in total. The third-order valence-corrected chi connectivity index (χ3v) is 6.12. The van der Waals surface area contributed by atoms with Gasteiger partial charge in [0.15, 0.2) is 11.5 Å². The molecule has 4 nitrogen and oxygen atoms in total. The van der Waals surface area contributed by atoms with Crippen LogP contribution in [0.5, 0.6) is 11.5 Å². The molecule has 0 aromatic heterocycles. The molecule has 2 aliphatic heterocycles. The van der Waals surface area contributed by atoms with Crippen LogP contribution in [0.3, 0.4) is 0 Å². The van der Waals surface area contributed by atoms with Crippen LogP contribution in [-0.2, 0) is 12.0 Å². The second kappa shape index (κ2) is 9.33. The Kier molecular flexibility index (Phi) is 7.04. The number of piperidine rings is 1. The van der Waals surface area contributed by atoms with E-state index < -0.39 is 5.60 Å². The van der Waals surface area contributed by atoms with Gasteiger partial charge in [-0.15, -0.1) is 12.4 Å². The lowest BCUT2D eigenvalue weighted by Crippen LogP contribution is -2.43. The monoisotopic (exact) mass is 421 g/mol. The van der Waals surface area contributed by atoms with Gasteiger partial charge in [0.05, 0.1) is 5.60 Å². The summed E-state index contributed by atoms with van der Waals surface area (Å²) in [5, 5.41) is 11.4. The maximum Gasteiger partial charge on any atom is 0.167 e. The molecule has 1 fully saturated rings. The molecular formula is C23H29ClFNO3. The summed E-state index contributed by atoms with van der Waals surface area (Å²) in [4.78, 5) is 2.43. The van der Waals surface area contributed by atoms with Crippen molar-refractivity contribution >= 4 is 12.4 Å². The van der Waals surface area contributed by atoms with Gasteiger partial charge in [-0.3, -0.25) is 0 Å². The number of benzene rings is 2. The van der Waals surface area contributed by atoms with Crippen molar-refractivity contribution in [1.82, 2.24) is 4.90 Å². The molecule has 29 heavy (non-hydrogen) atoms. The maximum atomic E-state index is 13.0. The van der Waals surface area contributed by atoms with E-state index in [1.165, 1.54) is 12.1 Å². The third-order valence-electron chi connectivity index (χ3n) is 6.12. The number of fused-ring (bicyclic) bond motifs is 1. The van der Waals surface area contributed by atoms with Crippen molar-refractivity contribution < 1.29 is 19.0 Å². The van der Waals surface area contributed by atoms with Crippen molar-refractivity contribution in [3.8, 4) is 11.5 Å². The number of hydrogen-bond acceptors (Lipinski definition) is 4. The summed E-state index contributed by atoms with van der Waals surface area (Å²) in [6.45, 7) is 5.83. The molecule has 158 valence electrons. The maximum absolute atomic E-state index is 13.0. The van der Waals surface area contributed by atoms with Crippen molar-refractivity contribution in [3.63, 3.8) is 0 Å². The number of nitrogens with zero attached hydrogens (tertiary/aromatic N) is 1. The van der Waals surface area contributed by atoms with E-state index in [1.54, 1.807) is 0 Å². The predicted molar refractivity (Wildman–Crippen MR) is 114 cm³/mol. The zero-order chi connectivity index (χ0) is 19.6. The van der Waals surface area contributed by atoms with E-state index >= 15 is 0 Å². The molecule has 0 amide bonds. The summed E-state index contributed by atoms with van der Waals surface area (Å²) in [7, 11) is 0. The Hall–Kier alpha value is -1.82. The van der Waals surface area contributed by atoms with Crippen LogP contribution >= 0.6 is 12.4 Å². The van der Waals surface area contributed by atoms with E-state index in [0.29, 0.717) is 19.0 Å². The van der Waals surface area contributed by atoms with Gasteiger partial charge >= 0.3 is 0 Å². The van der Waals surface area contributed by atoms with Crippen LogP contribution in [0.1, 0.15) is 30.9 Å². The normalized spacial score (nSPS) is 19.3. The summed E-state index contributed by atoms with van der Waals surface area (Å²) in [5.74, 6) is 1.40. The summed E-state index contributed by atoms with van der Waals surface area (Å²) < 4.78 is 24.5. The minimum atomic E-state index is -0.949. The molecule has 4 rings (SSSR count). The van der Waals surface area contributed by atoms with E-state index in [9.17, 15) is 9.50 Å². The van der Waals surface area contributed by atoms with Crippen LogP contribution in [0.15, 0.2) is 42.5 Å². The molecule has 1 saturated heterocycles. The Morgan fingerprint density at radius 2 is 1.76 bits per heavy atom. The topological polar surface area (TPSA) is 41.9 Å². The number of para-hydroxylation sites is 1. The second-order valence-corrected chi connectivity index (χ2v) is 7.97. The fourth-order valence-electron chi connectivity index (χ4n) is 4.35. The summed E-state index contributed by atoms with van der Waals surface area (Å²) in [6.07, 6.45) is 2.78. The number of halogens is 2. The van der Waals surface area contributed by atoms with Gasteiger partial charge in [-0.2, -0.15) is 0 Å². The first-order valence-corrected chi connectivity index (χ1v) is 10.1. The van der Waals surface area contributed by atoms with E-state index in [2.05, 4.69) is 4.90 Å². The van der Waals surface area contributed by atoms with Crippen LogP contribution in [0.2, 0.25) is 0 Å². The van der Waals surface area contributed by atoms with Gasteiger partial charge in [0.1, 0.15) is 19.0 Å². The molecule has 1 unspecified atom stereocenters. The lowest BCUT2D eigenvalue weighted by molar-refractivity contribution is -0.0356. The molecule has 0 spiro atoms. The van der Waals surface area contributed by atoms with Crippen LogP contribution in [0.4, 0.5) is 4.39 Å². The molecule has 2 aliphatic rings. The molecule has 2 aromatic rings. The average molecular weight is 422 g/mol. The van der Waals surface area contributed by atoms with Crippen molar-refractivity contribution in [3.05, 3.63) is 59.4 Å². The zero-order valence-corrected chi connectivity index (χ0v) is 17.6. The van der Waals surface area contributed by atoms with Gasteiger partial charge in [-0.25, -0.2) is 4.39 Å². The van der Waals surface area contributed by atoms with Crippen LogP contribution in [0, 0.1) is 11.7 Å². The van der Waals surface area contributed by atoms with Gasteiger partial charge in [0.25, 0.3) is 0 Å². The Bertz CT molecular complexity index is 804. The number of hydrogen-bond donors (Lipinski definition) is 1. The average Bonchev–Trinajstić information content (AvgIpc) is 2.73. The Morgan fingerprint density at radius 3 is 2.48 bits per heavy atom. The fraction of sp³-hybridized carbons (Fsp3) is 0.478. The number of likely N-dealkylation sites (tertiary alicyclic amines) is 1. The highest BCUT2D eigenvalue weighted by Crippen LogP contribution is 2.44. The SMILES string of the molecule is CC(O)(c1cccc2c1OCCO2)C1CCN(CCc2ccc(F)cc2)CC1.Cl. The minimum Gasteiger partial charge on any atom is -0.486 e. The largest absolute Gasteiger partial charge is 0.486 e. The quantitative estimate of drug-likeness (QED) is 0.786. The Morgan fingerprint density at radius 1 is 1.07 bits per heavy atom. The molecular weight excluding hydrogens is 393 g/mol. The molecule has 2 heterocycles. The standard InChI is InChI=1S/C23H28FNO3.ClH/c1-23(26,20-3-2-4-21-22(20)28-16-15-27-21)18-10-13-25(14-11-18)12-9-17-5-7-19(24)8-6-17;/h2-8,18,26H,9-16H2,1H3;1H. The summed E-state index contributed by atoms with van der Waals surface area (Å²) >= 11 is 0. The lowest BCUT2D eigenvalue weighted by atomic mass is 9.77. The first kappa shape index (κ1) is 21.9. The van der Waals surface area contributed by atoms with E-state index in [-0.39, 0.29) is 24.1 Å². The molecule has 0 bridgehead atoms. The van der Waals surface area contributed by atoms with Crippen LogP contribution in [-0.4, -0.2) is 42.9 Å². The van der Waals surface area contributed by atoms with E-state index in [1.807, 2.05) is 37.3 Å². The summed E-state index contributed by atoms with van der Waals surface area (Å²) in [6, 6.07) is 12.5. The molecule has 6 heteroatoms. The van der Waals surface area contributed by atoms with Crippen molar-refractivity contribution in [2.45, 2.75) is 31.8 Å². The lowest BCUT2D eigenvalue weighted by Gasteiger charge is -2.40. The molecule has 2 aromatic carbocycles. The molecule has 1 atom stereocenters. The first-order valence-electron chi connectivity index (χ1n) is 10.1. The minimum absolute atomic E-state index is 0. The van der Waals surface area contributed by atoms with Crippen LogP contribution < -0.4 is 9.47 Å². The van der Waals surface area contributed by atoms with E-state index in [4.69, 9.17) is 9.47 Å². The highest BCUT2D eigenvalue weighted by molar-refractivity contribution is 5.85. The van der Waals surface area contributed by atoms with Crippen molar-refractivity contribution in [2.24, 2.45) is 5.92 Å². The smallest absolute Gasteiger partial charge is 0.167 e. The second-order valence-electron chi connectivity index (χ2n) is 7.97. The zero-order valence-electron chi connectivity index (χ0n) is 16.8. The van der Waals surface area contributed by atoms with Gasteiger partial charge in [-0.1, -0.05) is 24.3 Å². The van der Waals surface area contributed by atoms with Crippen molar-refractivity contribution in [1.29, 1.82) is 0 Å². The Balaban J connectivity index is 0.00000240. The number of ether oxygens (including phenoxy) is 2. The fourth-order valence-corrected chi connectivity index (χ4v) is 4.35. The van der Waals surface area contributed by atoms with Crippen molar-refractivity contribution in [2.75, 3.05) is 32.8 Å². The highest BCUT2D eigenvalue weighted by Gasteiger charge is 2.39. The van der Waals surface area contributed by atoms with Gasteiger partial charge in [-0.05, 0) is 69.0 Å². The number of aliphatic hydroxyl groups is 1. The van der Waals surface area contributed by atoms with Gasteiger partial charge < -0.3 is 19.5 Å². The van der Waals surface area contributed by atoms with Gasteiger partial charge in [0, 0.05) is 12.1 Å². The highest BCUT2D eigenvalue weighted by atomic mass is 35.5. The third kappa shape index (κ3) is 4.85.